The van der Waals surface area contributed by atoms with E-state index < -0.39 is 5.97 Å². The molecule has 0 saturated heterocycles. The van der Waals surface area contributed by atoms with Crippen LogP contribution >= 0.6 is 22.6 Å². The normalized spacial score (nSPS) is 10.0. The Labute approximate surface area is 77.4 Å². The number of alkyl halides is 1. The first-order valence-corrected chi connectivity index (χ1v) is 4.51. The van der Waals surface area contributed by atoms with Gasteiger partial charge in [0.25, 0.3) is 0 Å². The molecule has 1 aromatic heterocycles. The van der Waals surface area contributed by atoms with Gasteiger partial charge in [-0.1, -0.05) is 22.6 Å². The summed E-state index contributed by atoms with van der Waals surface area (Å²) in [6.45, 7) is 1.83. The van der Waals surface area contributed by atoms with E-state index >= 15 is 0 Å². The molecule has 5 heteroatoms. The van der Waals surface area contributed by atoms with Crippen LogP contribution in [0.15, 0.2) is 6.07 Å². The van der Waals surface area contributed by atoms with Crippen molar-refractivity contribution in [3.05, 3.63) is 17.5 Å². The number of hydrogen-bond acceptors (Lipinski definition) is 2. The molecule has 0 atom stereocenters. The highest BCUT2D eigenvalue weighted by Gasteiger charge is 2.08. The summed E-state index contributed by atoms with van der Waals surface area (Å²) in [6.07, 6.45) is 0. The molecule has 0 aliphatic heterocycles. The van der Waals surface area contributed by atoms with Crippen LogP contribution in [0.4, 0.5) is 0 Å². The van der Waals surface area contributed by atoms with Crippen molar-refractivity contribution in [1.82, 2.24) is 9.78 Å². The van der Waals surface area contributed by atoms with E-state index in [2.05, 4.69) is 27.7 Å². The first kappa shape index (κ1) is 8.51. The van der Waals surface area contributed by atoms with Crippen LogP contribution in [0.5, 0.6) is 0 Å². The van der Waals surface area contributed by atoms with Crippen molar-refractivity contribution in [3.63, 3.8) is 0 Å². The Balaban J connectivity index is 3.05. The third-order valence-electron chi connectivity index (χ3n) is 1.31. The molecule has 11 heavy (non-hydrogen) atoms. The molecule has 0 fully saturated rings. The van der Waals surface area contributed by atoms with Crippen molar-refractivity contribution < 1.29 is 9.90 Å². The molecule has 0 aliphatic rings. The zero-order valence-electron chi connectivity index (χ0n) is 5.91. The summed E-state index contributed by atoms with van der Waals surface area (Å²) in [5.41, 5.74) is 0.982. The third kappa shape index (κ3) is 1.70. The lowest BCUT2D eigenvalue weighted by atomic mass is 10.4. The maximum Gasteiger partial charge on any atom is 0.356 e. The summed E-state index contributed by atoms with van der Waals surface area (Å²) in [6, 6.07) is 1.56. The Morgan fingerprint density at radius 3 is 2.82 bits per heavy atom. The van der Waals surface area contributed by atoms with Gasteiger partial charge in [-0.2, -0.15) is 5.10 Å². The summed E-state index contributed by atoms with van der Waals surface area (Å²) in [7, 11) is 0. The van der Waals surface area contributed by atoms with Gasteiger partial charge in [-0.15, -0.1) is 0 Å². The van der Waals surface area contributed by atoms with E-state index in [4.69, 9.17) is 5.11 Å². The van der Waals surface area contributed by atoms with Gasteiger partial charge in [-0.3, -0.25) is 4.68 Å². The molecule has 1 rings (SSSR count). The number of nitrogens with zero attached hydrogens (tertiary/aromatic N) is 2. The molecule has 0 saturated carbocycles. The smallest absolute Gasteiger partial charge is 0.356 e. The van der Waals surface area contributed by atoms with Crippen molar-refractivity contribution in [2.75, 3.05) is 0 Å². The van der Waals surface area contributed by atoms with Gasteiger partial charge in [0.1, 0.15) is 0 Å². The summed E-state index contributed by atoms with van der Waals surface area (Å²) in [4.78, 5) is 10.4. The number of carboxylic acid groups (broad SMARTS) is 1. The molecule has 4 nitrogen and oxygen atoms in total. The Morgan fingerprint density at radius 1 is 1.91 bits per heavy atom. The van der Waals surface area contributed by atoms with E-state index in [0.29, 0.717) is 4.55 Å². The van der Waals surface area contributed by atoms with E-state index in [1.807, 2.05) is 6.92 Å². The fraction of sp³-hybridized carbons (Fsp3) is 0.333. The molecule has 0 amide bonds. The molecule has 0 aliphatic carbocycles. The number of halogens is 1. The lowest BCUT2D eigenvalue weighted by molar-refractivity contribution is 0.0689. The van der Waals surface area contributed by atoms with E-state index in [-0.39, 0.29) is 5.69 Å². The van der Waals surface area contributed by atoms with Crippen LogP contribution in [0, 0.1) is 6.92 Å². The number of carbonyl (C=O) groups is 1. The maximum atomic E-state index is 10.4. The van der Waals surface area contributed by atoms with Crippen LogP contribution in [0.1, 0.15) is 16.2 Å². The number of aromatic nitrogens is 2. The number of aryl methyl sites for hydroxylation is 1. The summed E-state index contributed by atoms with van der Waals surface area (Å²) >= 11 is 2.12. The Bertz CT molecular complexity index is 282. The fourth-order valence-corrected chi connectivity index (χ4v) is 1.43. The first-order valence-electron chi connectivity index (χ1n) is 2.99. The molecule has 0 aromatic carbocycles. The molecule has 1 heterocycles. The number of aromatic carboxylic acids is 1. The molecule has 60 valence electrons. The Morgan fingerprint density at radius 2 is 2.55 bits per heavy atom. The lowest BCUT2D eigenvalue weighted by Crippen LogP contribution is -2.00. The number of carboxylic acids is 1. The van der Waals surface area contributed by atoms with Gasteiger partial charge >= 0.3 is 5.97 Å². The quantitative estimate of drug-likeness (QED) is 0.648. The minimum atomic E-state index is -0.975. The van der Waals surface area contributed by atoms with Crippen LogP contribution in [0.3, 0.4) is 0 Å². The zero-order chi connectivity index (χ0) is 8.43. The van der Waals surface area contributed by atoms with Crippen LogP contribution in [0.2, 0.25) is 0 Å². The average Bonchev–Trinajstić information content (AvgIpc) is 2.31. The van der Waals surface area contributed by atoms with Gasteiger partial charge < -0.3 is 5.11 Å². The van der Waals surface area contributed by atoms with Crippen molar-refractivity contribution in [2.45, 2.75) is 11.5 Å². The predicted octanol–water partition coefficient (Wildman–Crippen LogP) is 1.28. The van der Waals surface area contributed by atoms with E-state index in [1.54, 1.807) is 10.7 Å². The summed E-state index contributed by atoms with van der Waals surface area (Å²) < 4.78 is 2.32. The van der Waals surface area contributed by atoms with E-state index in [1.165, 1.54) is 0 Å². The largest absolute Gasteiger partial charge is 0.476 e. The standard InChI is InChI=1S/C6H7IN2O2/c1-4-2-5(6(10)11)8-9(4)3-7/h2H,3H2,1H3,(H,10,11). The van der Waals surface area contributed by atoms with Crippen molar-refractivity contribution in [2.24, 2.45) is 0 Å². The number of rotatable bonds is 2. The second kappa shape index (κ2) is 3.21. The van der Waals surface area contributed by atoms with Gasteiger partial charge in [0.05, 0.1) is 4.55 Å². The molecule has 0 unspecified atom stereocenters. The van der Waals surface area contributed by atoms with Crippen LogP contribution in [-0.4, -0.2) is 20.9 Å². The minimum Gasteiger partial charge on any atom is -0.476 e. The molecule has 1 N–H and O–H groups in total. The predicted molar refractivity (Wildman–Crippen MR) is 47.9 cm³/mol. The zero-order valence-corrected chi connectivity index (χ0v) is 8.07. The molecular weight excluding hydrogens is 259 g/mol. The van der Waals surface area contributed by atoms with Gasteiger partial charge in [-0.25, -0.2) is 4.79 Å². The van der Waals surface area contributed by atoms with Gasteiger partial charge in [0, 0.05) is 5.69 Å². The molecule has 1 aromatic rings. The highest BCUT2D eigenvalue weighted by Crippen LogP contribution is 2.04. The van der Waals surface area contributed by atoms with Gasteiger partial charge in [0.2, 0.25) is 0 Å². The fourth-order valence-electron chi connectivity index (χ4n) is 0.736. The topological polar surface area (TPSA) is 55.1 Å². The summed E-state index contributed by atoms with van der Waals surface area (Å²) in [5, 5.41) is 12.4. The second-order valence-corrected chi connectivity index (χ2v) is 2.78. The molecular formula is C6H7IN2O2. The van der Waals surface area contributed by atoms with Crippen molar-refractivity contribution in [1.29, 1.82) is 0 Å². The van der Waals surface area contributed by atoms with Crippen molar-refractivity contribution in [3.8, 4) is 0 Å². The lowest BCUT2D eigenvalue weighted by Gasteiger charge is -1.93. The Kier molecular flexibility index (Phi) is 2.48. The maximum absolute atomic E-state index is 10.4. The average molecular weight is 266 g/mol. The summed E-state index contributed by atoms with van der Waals surface area (Å²) in [5.74, 6) is -0.975. The van der Waals surface area contributed by atoms with Crippen LogP contribution in [0.25, 0.3) is 0 Å². The van der Waals surface area contributed by atoms with Gasteiger partial charge in [0.15, 0.2) is 5.69 Å². The third-order valence-corrected chi connectivity index (χ3v) is 1.96. The van der Waals surface area contributed by atoms with E-state index in [0.717, 1.165) is 5.69 Å². The number of hydrogen-bond donors (Lipinski definition) is 1. The van der Waals surface area contributed by atoms with Crippen molar-refractivity contribution >= 4 is 28.6 Å². The highest BCUT2D eigenvalue weighted by molar-refractivity contribution is 14.1. The van der Waals surface area contributed by atoms with Crippen LogP contribution < -0.4 is 0 Å². The first-order chi connectivity index (χ1) is 5.15. The Hall–Kier alpha value is -0.590. The highest BCUT2D eigenvalue weighted by atomic mass is 127. The second-order valence-electron chi connectivity index (χ2n) is 2.10. The SMILES string of the molecule is Cc1cc(C(=O)O)nn1CI. The van der Waals surface area contributed by atoms with E-state index in [9.17, 15) is 4.79 Å². The van der Waals surface area contributed by atoms with Crippen LogP contribution in [-0.2, 0) is 4.55 Å². The molecule has 0 spiro atoms. The van der Waals surface area contributed by atoms with Gasteiger partial charge in [-0.05, 0) is 13.0 Å². The minimum absolute atomic E-state index is 0.110. The molecule has 0 radical (unpaired) electrons. The monoisotopic (exact) mass is 266 g/mol. The molecule has 0 bridgehead atoms.